The molecule has 5 nitrogen and oxygen atoms in total. The first-order valence-corrected chi connectivity index (χ1v) is 6.00. The standard InChI is InChI=1S/C14H15NO4/c1-8(2)12(14(17)18-3)13(16)9-4-5-10-11(6-9)19-7-15-10/h4-8,12H,1-3H3. The highest BCUT2D eigenvalue weighted by molar-refractivity contribution is 6.09. The molecule has 0 aliphatic carbocycles. The van der Waals surface area contributed by atoms with E-state index in [0.29, 0.717) is 16.7 Å². The summed E-state index contributed by atoms with van der Waals surface area (Å²) < 4.78 is 9.85. The largest absolute Gasteiger partial charge is 0.468 e. The molecule has 2 rings (SSSR count). The smallest absolute Gasteiger partial charge is 0.316 e. The van der Waals surface area contributed by atoms with Gasteiger partial charge in [-0.15, -0.1) is 0 Å². The van der Waals surface area contributed by atoms with Gasteiger partial charge < -0.3 is 9.15 Å². The lowest BCUT2D eigenvalue weighted by atomic mass is 9.88. The van der Waals surface area contributed by atoms with Crippen LogP contribution >= 0.6 is 0 Å². The summed E-state index contributed by atoms with van der Waals surface area (Å²) in [7, 11) is 1.28. The highest BCUT2D eigenvalue weighted by Crippen LogP contribution is 2.22. The van der Waals surface area contributed by atoms with Gasteiger partial charge in [0.15, 0.2) is 17.8 Å². The molecule has 0 N–H and O–H groups in total. The van der Waals surface area contributed by atoms with Gasteiger partial charge in [-0.2, -0.15) is 0 Å². The third-order valence-electron chi connectivity index (χ3n) is 3.02. The number of fused-ring (bicyclic) bond motifs is 1. The minimum atomic E-state index is -0.801. The first kappa shape index (κ1) is 13.3. The number of carbonyl (C=O) groups excluding carboxylic acids is 2. The number of oxazole rings is 1. The molecule has 0 saturated carbocycles. The Morgan fingerprint density at radius 2 is 2.05 bits per heavy atom. The van der Waals surface area contributed by atoms with E-state index in [1.807, 2.05) is 13.8 Å². The molecule has 0 aliphatic rings. The highest BCUT2D eigenvalue weighted by atomic mass is 16.5. The third-order valence-corrected chi connectivity index (χ3v) is 3.02. The van der Waals surface area contributed by atoms with E-state index in [2.05, 4.69) is 4.98 Å². The number of aromatic nitrogens is 1. The quantitative estimate of drug-likeness (QED) is 0.480. The topological polar surface area (TPSA) is 69.4 Å². The molecule has 2 aromatic rings. The number of methoxy groups -OCH3 is 1. The van der Waals surface area contributed by atoms with E-state index < -0.39 is 11.9 Å². The van der Waals surface area contributed by atoms with Gasteiger partial charge in [-0.25, -0.2) is 4.98 Å². The average Bonchev–Trinajstić information content (AvgIpc) is 2.85. The maximum Gasteiger partial charge on any atom is 0.316 e. The Hall–Kier alpha value is -2.17. The summed E-state index contributed by atoms with van der Waals surface area (Å²) in [5.41, 5.74) is 1.63. The van der Waals surface area contributed by atoms with Crippen molar-refractivity contribution in [2.75, 3.05) is 7.11 Å². The maximum atomic E-state index is 12.4. The molecule has 100 valence electrons. The van der Waals surface area contributed by atoms with Crippen LogP contribution in [0.2, 0.25) is 0 Å². The van der Waals surface area contributed by atoms with Crippen LogP contribution < -0.4 is 0 Å². The monoisotopic (exact) mass is 261 g/mol. The zero-order valence-corrected chi connectivity index (χ0v) is 11.0. The third kappa shape index (κ3) is 2.50. The molecule has 1 aromatic carbocycles. The van der Waals surface area contributed by atoms with Crippen LogP contribution in [0.15, 0.2) is 29.0 Å². The van der Waals surface area contributed by atoms with Crippen LogP contribution in [0.3, 0.4) is 0 Å². The van der Waals surface area contributed by atoms with Crippen molar-refractivity contribution < 1.29 is 18.7 Å². The molecule has 1 aromatic heterocycles. The van der Waals surface area contributed by atoms with Gasteiger partial charge in [-0.3, -0.25) is 9.59 Å². The van der Waals surface area contributed by atoms with Gasteiger partial charge in [0.2, 0.25) is 0 Å². The first-order valence-electron chi connectivity index (χ1n) is 6.00. The number of rotatable bonds is 4. The molecular formula is C14H15NO4. The van der Waals surface area contributed by atoms with E-state index in [4.69, 9.17) is 9.15 Å². The number of hydrogen-bond donors (Lipinski definition) is 0. The second-order valence-corrected chi connectivity index (χ2v) is 4.64. The molecule has 0 radical (unpaired) electrons. The SMILES string of the molecule is COC(=O)C(C(=O)c1ccc2ncoc2c1)C(C)C. The number of benzene rings is 1. The average molecular weight is 261 g/mol. The normalized spacial score (nSPS) is 12.6. The predicted molar refractivity (Wildman–Crippen MR) is 68.7 cm³/mol. The Bertz CT molecular complexity index is 615. The Kier molecular flexibility index (Phi) is 3.64. The molecule has 5 heteroatoms. The highest BCUT2D eigenvalue weighted by Gasteiger charge is 2.31. The fraction of sp³-hybridized carbons (Fsp3) is 0.357. The van der Waals surface area contributed by atoms with Gasteiger partial charge in [0.1, 0.15) is 11.4 Å². The molecule has 0 bridgehead atoms. The lowest BCUT2D eigenvalue weighted by Gasteiger charge is -2.16. The van der Waals surface area contributed by atoms with Crippen molar-refractivity contribution in [1.82, 2.24) is 4.98 Å². The van der Waals surface area contributed by atoms with Gasteiger partial charge in [0, 0.05) is 5.56 Å². The first-order chi connectivity index (χ1) is 9.04. The number of esters is 1. The molecular weight excluding hydrogens is 246 g/mol. The van der Waals surface area contributed by atoms with Gasteiger partial charge in [-0.1, -0.05) is 13.8 Å². The second kappa shape index (κ2) is 5.22. The van der Waals surface area contributed by atoms with Crippen LogP contribution in [0, 0.1) is 11.8 Å². The molecule has 1 atom stereocenters. The summed E-state index contributed by atoms with van der Waals surface area (Å²) in [6, 6.07) is 4.94. The Labute approximate surface area is 110 Å². The minimum absolute atomic E-state index is 0.134. The zero-order chi connectivity index (χ0) is 14.0. The van der Waals surface area contributed by atoms with Crippen molar-refractivity contribution in [3.05, 3.63) is 30.2 Å². The summed E-state index contributed by atoms with van der Waals surface area (Å²) >= 11 is 0. The van der Waals surface area contributed by atoms with Crippen LogP contribution in [0.1, 0.15) is 24.2 Å². The van der Waals surface area contributed by atoms with Crippen LogP contribution in [0.4, 0.5) is 0 Å². The maximum absolute atomic E-state index is 12.4. The van der Waals surface area contributed by atoms with Crippen molar-refractivity contribution in [3.8, 4) is 0 Å². The molecule has 0 saturated heterocycles. The molecule has 0 amide bonds. The summed E-state index contributed by atoms with van der Waals surface area (Å²) in [6.45, 7) is 3.62. The summed E-state index contributed by atoms with van der Waals surface area (Å²) in [4.78, 5) is 28.1. The van der Waals surface area contributed by atoms with Crippen molar-refractivity contribution in [2.45, 2.75) is 13.8 Å². The van der Waals surface area contributed by atoms with Gasteiger partial charge in [0.05, 0.1) is 7.11 Å². The molecule has 1 heterocycles. The van der Waals surface area contributed by atoms with E-state index in [0.717, 1.165) is 0 Å². The van der Waals surface area contributed by atoms with E-state index in [1.54, 1.807) is 18.2 Å². The fourth-order valence-electron chi connectivity index (χ4n) is 2.00. The number of hydrogen-bond acceptors (Lipinski definition) is 5. The molecule has 1 unspecified atom stereocenters. The van der Waals surface area contributed by atoms with E-state index in [1.165, 1.54) is 13.5 Å². The number of Topliss-reactive ketones (excluding diaryl/α,β-unsaturated/α-hetero) is 1. The van der Waals surface area contributed by atoms with Gasteiger partial charge >= 0.3 is 5.97 Å². The van der Waals surface area contributed by atoms with Crippen molar-refractivity contribution in [1.29, 1.82) is 0 Å². The molecule has 0 spiro atoms. The van der Waals surface area contributed by atoms with E-state index in [9.17, 15) is 9.59 Å². The fourth-order valence-corrected chi connectivity index (χ4v) is 2.00. The number of ketones is 1. The van der Waals surface area contributed by atoms with E-state index in [-0.39, 0.29) is 11.7 Å². The van der Waals surface area contributed by atoms with Crippen molar-refractivity contribution >= 4 is 22.9 Å². The lowest BCUT2D eigenvalue weighted by molar-refractivity contribution is -0.144. The summed E-state index contributed by atoms with van der Waals surface area (Å²) in [5, 5.41) is 0. The number of nitrogens with zero attached hydrogens (tertiary/aromatic N) is 1. The summed E-state index contributed by atoms with van der Waals surface area (Å²) in [5.74, 6) is -1.71. The van der Waals surface area contributed by atoms with Crippen LogP contribution in [-0.2, 0) is 9.53 Å². The molecule has 0 aliphatic heterocycles. The minimum Gasteiger partial charge on any atom is -0.468 e. The van der Waals surface area contributed by atoms with Gasteiger partial charge in [0.25, 0.3) is 0 Å². The number of ether oxygens (including phenoxy) is 1. The molecule has 0 fully saturated rings. The van der Waals surface area contributed by atoms with Crippen molar-refractivity contribution in [3.63, 3.8) is 0 Å². The van der Waals surface area contributed by atoms with Crippen LogP contribution in [0.25, 0.3) is 11.1 Å². The lowest BCUT2D eigenvalue weighted by Crippen LogP contribution is -2.30. The predicted octanol–water partition coefficient (Wildman–Crippen LogP) is 2.46. The van der Waals surface area contributed by atoms with Gasteiger partial charge in [-0.05, 0) is 24.1 Å². The zero-order valence-electron chi connectivity index (χ0n) is 11.0. The van der Waals surface area contributed by atoms with Crippen molar-refractivity contribution in [2.24, 2.45) is 11.8 Å². The second-order valence-electron chi connectivity index (χ2n) is 4.64. The number of carbonyl (C=O) groups is 2. The Morgan fingerprint density at radius 1 is 1.32 bits per heavy atom. The Balaban J connectivity index is 2.37. The molecule has 19 heavy (non-hydrogen) atoms. The van der Waals surface area contributed by atoms with Crippen LogP contribution in [0.5, 0.6) is 0 Å². The summed E-state index contributed by atoms with van der Waals surface area (Å²) in [6.07, 6.45) is 1.32. The van der Waals surface area contributed by atoms with Crippen LogP contribution in [-0.4, -0.2) is 23.8 Å². The van der Waals surface area contributed by atoms with E-state index >= 15 is 0 Å². The Morgan fingerprint density at radius 3 is 2.68 bits per heavy atom.